The Bertz CT molecular complexity index is 997. The van der Waals surface area contributed by atoms with Crippen molar-refractivity contribution in [1.82, 2.24) is 15.0 Å². The summed E-state index contributed by atoms with van der Waals surface area (Å²) >= 11 is 1.38. The molecule has 1 aromatic carbocycles. The van der Waals surface area contributed by atoms with Gasteiger partial charge in [0.25, 0.3) is 0 Å². The number of carbonyl (C=O) groups is 2. The Morgan fingerprint density at radius 1 is 1.07 bits per heavy atom. The van der Waals surface area contributed by atoms with E-state index < -0.39 is 0 Å². The molecule has 0 bridgehead atoms. The lowest BCUT2D eigenvalue weighted by Gasteiger charge is -2.06. The number of aryl methyl sites for hydroxylation is 2. The number of aromatic nitrogens is 3. The average molecular weight is 411 g/mol. The molecule has 0 fully saturated rings. The maximum Gasteiger partial charge on any atom is 0.338 e. The van der Waals surface area contributed by atoms with Gasteiger partial charge in [-0.25, -0.2) is 19.7 Å². The summed E-state index contributed by atoms with van der Waals surface area (Å²) in [4.78, 5) is 37.0. The molecule has 2 N–H and O–H groups in total. The first-order chi connectivity index (χ1) is 13.9. The van der Waals surface area contributed by atoms with Crippen LogP contribution in [0.5, 0.6) is 0 Å². The first-order valence-corrected chi connectivity index (χ1v) is 9.91. The van der Waals surface area contributed by atoms with Gasteiger partial charge in [-0.1, -0.05) is 0 Å². The van der Waals surface area contributed by atoms with Crippen molar-refractivity contribution in [2.75, 3.05) is 17.2 Å². The topological polar surface area (TPSA) is 106 Å². The van der Waals surface area contributed by atoms with Gasteiger partial charge in [0, 0.05) is 22.5 Å². The van der Waals surface area contributed by atoms with Gasteiger partial charge in [0.1, 0.15) is 0 Å². The van der Waals surface area contributed by atoms with Crippen LogP contribution in [-0.2, 0) is 16.0 Å². The quantitative estimate of drug-likeness (QED) is 0.572. The molecular weight excluding hydrogens is 390 g/mol. The summed E-state index contributed by atoms with van der Waals surface area (Å²) in [6.45, 7) is 5.87. The number of nitrogens with zero attached hydrogens (tertiary/aromatic N) is 3. The first-order valence-electron chi connectivity index (χ1n) is 9.03. The minimum absolute atomic E-state index is 0.130. The summed E-state index contributed by atoms with van der Waals surface area (Å²) in [6, 6.07) is 8.44. The maximum absolute atomic E-state index is 12.3. The van der Waals surface area contributed by atoms with Gasteiger partial charge in [0.2, 0.25) is 11.9 Å². The zero-order valence-electron chi connectivity index (χ0n) is 16.4. The van der Waals surface area contributed by atoms with Gasteiger partial charge in [-0.15, -0.1) is 11.3 Å². The molecule has 2 heterocycles. The van der Waals surface area contributed by atoms with Crippen molar-refractivity contribution in [3.05, 3.63) is 58.4 Å². The predicted octanol–water partition coefficient (Wildman–Crippen LogP) is 3.65. The number of hydrogen-bond acceptors (Lipinski definition) is 8. The minimum atomic E-state index is -0.388. The highest BCUT2D eigenvalue weighted by Crippen LogP contribution is 2.20. The monoisotopic (exact) mass is 411 g/mol. The summed E-state index contributed by atoms with van der Waals surface area (Å²) in [5.41, 5.74) is 3.41. The van der Waals surface area contributed by atoms with E-state index in [1.54, 1.807) is 31.2 Å². The number of amides is 1. The van der Waals surface area contributed by atoms with Crippen LogP contribution in [0.15, 0.2) is 35.7 Å². The lowest BCUT2D eigenvalue weighted by atomic mass is 10.2. The molecule has 0 radical (unpaired) electrons. The van der Waals surface area contributed by atoms with Crippen LogP contribution in [0.3, 0.4) is 0 Å². The molecule has 29 heavy (non-hydrogen) atoms. The molecule has 0 aliphatic carbocycles. The number of thiazole rings is 1. The molecular formula is C20H21N5O3S. The molecule has 0 spiro atoms. The van der Waals surface area contributed by atoms with E-state index in [1.165, 1.54) is 11.3 Å². The third kappa shape index (κ3) is 5.82. The summed E-state index contributed by atoms with van der Waals surface area (Å²) in [7, 11) is 0. The molecule has 0 unspecified atom stereocenters. The van der Waals surface area contributed by atoms with E-state index in [0.717, 1.165) is 11.4 Å². The van der Waals surface area contributed by atoms with Crippen LogP contribution in [0.1, 0.15) is 34.4 Å². The number of carbonyl (C=O) groups excluding carboxylic acids is 2. The van der Waals surface area contributed by atoms with Crippen LogP contribution >= 0.6 is 11.3 Å². The van der Waals surface area contributed by atoms with E-state index in [0.29, 0.717) is 34.6 Å². The molecule has 2 aromatic heterocycles. The Morgan fingerprint density at radius 3 is 2.41 bits per heavy atom. The second-order valence-corrected chi connectivity index (χ2v) is 7.12. The molecule has 0 atom stereocenters. The van der Waals surface area contributed by atoms with Crippen molar-refractivity contribution in [1.29, 1.82) is 0 Å². The minimum Gasteiger partial charge on any atom is -0.462 e. The number of anilines is 3. The van der Waals surface area contributed by atoms with Gasteiger partial charge in [-0.05, 0) is 51.1 Å². The van der Waals surface area contributed by atoms with Gasteiger partial charge >= 0.3 is 5.97 Å². The normalized spacial score (nSPS) is 10.4. The molecule has 3 aromatic rings. The van der Waals surface area contributed by atoms with Gasteiger partial charge in [-0.3, -0.25) is 4.79 Å². The Morgan fingerprint density at radius 2 is 1.76 bits per heavy atom. The third-order valence-corrected chi connectivity index (χ3v) is 4.58. The highest BCUT2D eigenvalue weighted by Gasteiger charge is 2.11. The maximum atomic E-state index is 12.3. The fraction of sp³-hybridized carbons (Fsp3) is 0.250. The van der Waals surface area contributed by atoms with Crippen LogP contribution in [0.2, 0.25) is 0 Å². The molecule has 0 saturated heterocycles. The number of rotatable bonds is 7. The fourth-order valence-electron chi connectivity index (χ4n) is 2.60. The molecule has 1 amide bonds. The van der Waals surface area contributed by atoms with Crippen molar-refractivity contribution in [3.63, 3.8) is 0 Å². The number of benzene rings is 1. The van der Waals surface area contributed by atoms with Crippen molar-refractivity contribution in [2.24, 2.45) is 0 Å². The number of nitrogens with one attached hydrogen (secondary N) is 2. The van der Waals surface area contributed by atoms with Crippen LogP contribution in [0.25, 0.3) is 0 Å². The highest BCUT2D eigenvalue weighted by molar-refractivity contribution is 7.13. The summed E-state index contributed by atoms with van der Waals surface area (Å²) < 4.78 is 4.94. The molecule has 8 nitrogen and oxygen atoms in total. The lowest BCUT2D eigenvalue weighted by molar-refractivity contribution is -0.115. The molecule has 0 aliphatic rings. The van der Waals surface area contributed by atoms with Crippen molar-refractivity contribution >= 4 is 40.0 Å². The Hall–Kier alpha value is -3.33. The Kier molecular flexibility index (Phi) is 6.50. The van der Waals surface area contributed by atoms with Crippen LogP contribution in [0.4, 0.5) is 16.8 Å². The summed E-state index contributed by atoms with van der Waals surface area (Å²) in [5, 5.41) is 8.29. The van der Waals surface area contributed by atoms with E-state index >= 15 is 0 Å². The van der Waals surface area contributed by atoms with Gasteiger partial charge < -0.3 is 15.4 Å². The zero-order chi connectivity index (χ0) is 20.8. The van der Waals surface area contributed by atoms with E-state index in [2.05, 4.69) is 25.6 Å². The van der Waals surface area contributed by atoms with Gasteiger partial charge in [-0.2, -0.15) is 0 Å². The van der Waals surface area contributed by atoms with Crippen LogP contribution in [-0.4, -0.2) is 33.4 Å². The standard InChI is InChI=1S/C20H21N5O3S/c1-4-28-18(27)14-5-7-15(8-6-14)23-17(26)10-16-11-29-20(24-16)25-19-21-12(2)9-13(3)22-19/h5-9,11H,4,10H2,1-3H3,(H,23,26)(H,21,22,24,25). The van der Waals surface area contributed by atoms with E-state index in [9.17, 15) is 9.59 Å². The number of hydrogen-bond donors (Lipinski definition) is 2. The average Bonchev–Trinajstić information content (AvgIpc) is 3.08. The van der Waals surface area contributed by atoms with E-state index in [-0.39, 0.29) is 18.3 Å². The summed E-state index contributed by atoms with van der Waals surface area (Å²) in [6.07, 6.45) is 0.130. The molecule has 3 rings (SSSR count). The molecule has 150 valence electrons. The van der Waals surface area contributed by atoms with Crippen molar-refractivity contribution < 1.29 is 14.3 Å². The number of esters is 1. The second-order valence-electron chi connectivity index (χ2n) is 6.27. The molecule has 9 heteroatoms. The third-order valence-electron chi connectivity index (χ3n) is 3.77. The smallest absolute Gasteiger partial charge is 0.338 e. The van der Waals surface area contributed by atoms with Crippen LogP contribution in [0, 0.1) is 13.8 Å². The largest absolute Gasteiger partial charge is 0.462 e. The lowest BCUT2D eigenvalue weighted by Crippen LogP contribution is -2.14. The Balaban J connectivity index is 1.56. The molecule has 0 saturated carbocycles. The fourth-order valence-corrected chi connectivity index (χ4v) is 3.30. The first kappa shape index (κ1) is 20.4. The van der Waals surface area contributed by atoms with E-state index in [4.69, 9.17) is 4.74 Å². The van der Waals surface area contributed by atoms with E-state index in [1.807, 2.05) is 25.3 Å². The predicted molar refractivity (Wildman–Crippen MR) is 112 cm³/mol. The Labute approximate surface area is 172 Å². The SMILES string of the molecule is CCOC(=O)c1ccc(NC(=O)Cc2csc(Nc3nc(C)cc(C)n3)n2)cc1. The van der Waals surface area contributed by atoms with Gasteiger partial charge in [0.05, 0.1) is 24.3 Å². The van der Waals surface area contributed by atoms with Crippen molar-refractivity contribution in [2.45, 2.75) is 27.2 Å². The molecule has 0 aliphatic heterocycles. The zero-order valence-corrected chi connectivity index (χ0v) is 17.2. The summed E-state index contributed by atoms with van der Waals surface area (Å²) in [5.74, 6) is -0.108. The highest BCUT2D eigenvalue weighted by atomic mass is 32.1. The number of ether oxygens (including phenoxy) is 1. The van der Waals surface area contributed by atoms with Crippen molar-refractivity contribution in [3.8, 4) is 0 Å². The van der Waals surface area contributed by atoms with Crippen LogP contribution < -0.4 is 10.6 Å². The second kappa shape index (κ2) is 9.24. The van der Waals surface area contributed by atoms with Gasteiger partial charge in [0.15, 0.2) is 5.13 Å².